The fraction of sp³-hybridized carbons (Fsp3) is 0.556. The average Bonchev–Trinajstić information content (AvgIpc) is 2.81. The Bertz CT molecular complexity index is 380. The van der Waals surface area contributed by atoms with E-state index in [9.17, 15) is 9.59 Å². The topological polar surface area (TPSA) is 140 Å². The van der Waals surface area contributed by atoms with Gasteiger partial charge in [0, 0.05) is 26.0 Å². The molecule has 1 aromatic rings. The lowest BCUT2D eigenvalue weighted by Gasteiger charge is -2.13. The fourth-order valence-electron chi connectivity index (χ4n) is 1.24. The van der Waals surface area contributed by atoms with E-state index in [4.69, 9.17) is 10.2 Å². The molecule has 5 N–H and O–H groups in total. The monoisotopic (exact) mass is 257 g/mol. The molecular weight excluding hydrogens is 242 g/mol. The van der Waals surface area contributed by atoms with Crippen molar-refractivity contribution in [2.75, 3.05) is 13.2 Å². The lowest BCUT2D eigenvalue weighted by Crippen LogP contribution is -2.46. The first kappa shape index (κ1) is 13.9. The molecule has 0 saturated heterocycles. The first-order chi connectivity index (χ1) is 8.63. The van der Waals surface area contributed by atoms with Crippen LogP contribution in [0.4, 0.5) is 4.79 Å². The van der Waals surface area contributed by atoms with Crippen LogP contribution in [0, 0.1) is 0 Å². The number of amides is 2. The summed E-state index contributed by atoms with van der Waals surface area (Å²) >= 11 is 0. The molecule has 1 atom stereocenters. The van der Waals surface area contributed by atoms with Crippen LogP contribution in [-0.2, 0) is 11.2 Å². The second-order valence-electron chi connectivity index (χ2n) is 3.49. The SMILES string of the molecule is O=C(NCCc1ncn[nH]1)NC(CCO)C(=O)O. The van der Waals surface area contributed by atoms with Crippen LogP contribution in [0.25, 0.3) is 0 Å². The van der Waals surface area contributed by atoms with Crippen molar-refractivity contribution in [1.82, 2.24) is 25.8 Å². The number of rotatable bonds is 7. The number of aromatic nitrogens is 3. The minimum absolute atomic E-state index is 0.0368. The number of hydrogen-bond donors (Lipinski definition) is 5. The molecule has 1 heterocycles. The summed E-state index contributed by atoms with van der Waals surface area (Å²) in [5, 5.41) is 28.4. The predicted octanol–water partition coefficient (Wildman–Crippen LogP) is -1.52. The van der Waals surface area contributed by atoms with E-state index in [1.165, 1.54) is 6.33 Å². The maximum atomic E-state index is 11.3. The normalized spacial score (nSPS) is 11.8. The number of carbonyl (C=O) groups excluding carboxylic acids is 1. The number of urea groups is 1. The number of nitrogens with zero attached hydrogens (tertiary/aromatic N) is 2. The molecule has 0 radical (unpaired) electrons. The number of carboxylic acids is 1. The Morgan fingerprint density at radius 2 is 2.28 bits per heavy atom. The molecule has 100 valence electrons. The average molecular weight is 257 g/mol. The van der Waals surface area contributed by atoms with Gasteiger partial charge in [0.25, 0.3) is 0 Å². The standard InChI is InChI=1S/C9H15N5O4/c15-4-2-6(8(16)17)13-9(18)10-3-1-7-11-5-12-14-7/h5-6,15H,1-4H2,(H,16,17)(H2,10,13,18)(H,11,12,14). The minimum Gasteiger partial charge on any atom is -0.480 e. The molecule has 0 aliphatic carbocycles. The summed E-state index contributed by atoms with van der Waals surface area (Å²) < 4.78 is 0. The van der Waals surface area contributed by atoms with Gasteiger partial charge in [-0.05, 0) is 0 Å². The second-order valence-corrected chi connectivity index (χ2v) is 3.49. The highest BCUT2D eigenvalue weighted by atomic mass is 16.4. The molecule has 1 aromatic heterocycles. The van der Waals surface area contributed by atoms with Gasteiger partial charge in [0.15, 0.2) is 0 Å². The molecule has 9 nitrogen and oxygen atoms in total. The number of aliphatic carboxylic acids is 1. The molecule has 0 aromatic carbocycles. The molecule has 0 spiro atoms. The molecule has 1 unspecified atom stereocenters. The van der Waals surface area contributed by atoms with Crippen molar-refractivity contribution in [2.45, 2.75) is 18.9 Å². The van der Waals surface area contributed by atoms with E-state index in [0.29, 0.717) is 18.8 Å². The van der Waals surface area contributed by atoms with Crippen LogP contribution in [0.3, 0.4) is 0 Å². The zero-order valence-corrected chi connectivity index (χ0v) is 9.59. The van der Waals surface area contributed by atoms with Gasteiger partial charge >= 0.3 is 12.0 Å². The Balaban J connectivity index is 2.25. The zero-order chi connectivity index (χ0) is 13.4. The number of carboxylic acid groups (broad SMARTS) is 1. The summed E-state index contributed by atoms with van der Waals surface area (Å²) in [5.74, 6) is -0.560. The highest BCUT2D eigenvalue weighted by Gasteiger charge is 2.18. The van der Waals surface area contributed by atoms with Crippen molar-refractivity contribution in [3.63, 3.8) is 0 Å². The largest absolute Gasteiger partial charge is 0.480 e. The maximum absolute atomic E-state index is 11.3. The van der Waals surface area contributed by atoms with E-state index >= 15 is 0 Å². The van der Waals surface area contributed by atoms with Crippen molar-refractivity contribution in [3.05, 3.63) is 12.2 Å². The Morgan fingerprint density at radius 3 is 2.83 bits per heavy atom. The van der Waals surface area contributed by atoms with E-state index in [-0.39, 0.29) is 13.0 Å². The highest BCUT2D eigenvalue weighted by molar-refractivity contribution is 5.82. The number of aliphatic hydroxyl groups is 1. The molecule has 1 rings (SSSR count). The summed E-state index contributed by atoms with van der Waals surface area (Å²) in [5.41, 5.74) is 0. The lowest BCUT2D eigenvalue weighted by atomic mass is 10.2. The van der Waals surface area contributed by atoms with E-state index in [1.54, 1.807) is 0 Å². The van der Waals surface area contributed by atoms with Crippen molar-refractivity contribution >= 4 is 12.0 Å². The molecular formula is C9H15N5O4. The van der Waals surface area contributed by atoms with Gasteiger partial charge in [0.05, 0.1) is 0 Å². The van der Waals surface area contributed by atoms with Gasteiger partial charge in [0.2, 0.25) is 0 Å². The highest BCUT2D eigenvalue weighted by Crippen LogP contribution is 1.91. The number of aromatic amines is 1. The Kier molecular flexibility index (Phi) is 5.58. The zero-order valence-electron chi connectivity index (χ0n) is 9.59. The van der Waals surface area contributed by atoms with Crippen LogP contribution < -0.4 is 10.6 Å². The van der Waals surface area contributed by atoms with Gasteiger partial charge in [-0.1, -0.05) is 0 Å². The van der Waals surface area contributed by atoms with Crippen molar-refractivity contribution in [3.8, 4) is 0 Å². The molecule has 0 bridgehead atoms. The van der Waals surface area contributed by atoms with Gasteiger partial charge in [-0.15, -0.1) is 0 Å². The van der Waals surface area contributed by atoms with E-state index < -0.39 is 18.0 Å². The van der Waals surface area contributed by atoms with Gasteiger partial charge in [-0.3, -0.25) is 5.10 Å². The first-order valence-corrected chi connectivity index (χ1v) is 5.35. The van der Waals surface area contributed by atoms with E-state index in [2.05, 4.69) is 25.8 Å². The first-order valence-electron chi connectivity index (χ1n) is 5.35. The second kappa shape index (κ2) is 7.22. The third-order valence-electron chi connectivity index (χ3n) is 2.13. The van der Waals surface area contributed by atoms with Crippen molar-refractivity contribution in [2.24, 2.45) is 0 Å². The molecule has 2 amide bonds. The molecule has 9 heteroatoms. The van der Waals surface area contributed by atoms with Crippen molar-refractivity contribution < 1.29 is 19.8 Å². The third-order valence-corrected chi connectivity index (χ3v) is 2.13. The molecule has 0 saturated carbocycles. The predicted molar refractivity (Wildman–Crippen MR) is 59.7 cm³/mol. The Labute approximate surface area is 103 Å². The van der Waals surface area contributed by atoms with E-state index in [0.717, 1.165) is 0 Å². The smallest absolute Gasteiger partial charge is 0.326 e. The number of hydrogen-bond acceptors (Lipinski definition) is 5. The summed E-state index contributed by atoms with van der Waals surface area (Å²) in [6.45, 7) is -0.0121. The maximum Gasteiger partial charge on any atom is 0.326 e. The summed E-state index contributed by atoms with van der Waals surface area (Å²) in [6.07, 6.45) is 1.78. The Morgan fingerprint density at radius 1 is 1.50 bits per heavy atom. The third kappa shape index (κ3) is 4.78. The van der Waals surface area contributed by atoms with E-state index in [1.807, 2.05) is 0 Å². The molecule has 18 heavy (non-hydrogen) atoms. The summed E-state index contributed by atoms with van der Waals surface area (Å²) in [7, 11) is 0. The molecule has 0 aliphatic heterocycles. The van der Waals surface area contributed by atoms with Crippen LogP contribution in [0.1, 0.15) is 12.2 Å². The van der Waals surface area contributed by atoms with Gasteiger partial charge < -0.3 is 20.8 Å². The number of H-pyrrole nitrogens is 1. The lowest BCUT2D eigenvalue weighted by molar-refractivity contribution is -0.139. The molecule has 0 aliphatic rings. The van der Waals surface area contributed by atoms with Crippen LogP contribution in [-0.4, -0.2) is 56.6 Å². The number of nitrogens with one attached hydrogen (secondary N) is 3. The van der Waals surface area contributed by atoms with Crippen LogP contribution in [0.5, 0.6) is 0 Å². The summed E-state index contributed by atoms with van der Waals surface area (Å²) in [4.78, 5) is 25.9. The van der Waals surface area contributed by atoms with Crippen LogP contribution in [0.2, 0.25) is 0 Å². The number of carbonyl (C=O) groups is 2. The summed E-state index contributed by atoms with van der Waals surface area (Å²) in [6, 6.07) is -1.70. The van der Waals surface area contributed by atoms with Gasteiger partial charge in [-0.2, -0.15) is 5.10 Å². The van der Waals surface area contributed by atoms with Crippen molar-refractivity contribution in [1.29, 1.82) is 0 Å². The van der Waals surface area contributed by atoms with Gasteiger partial charge in [-0.25, -0.2) is 14.6 Å². The fourth-order valence-corrected chi connectivity index (χ4v) is 1.24. The van der Waals surface area contributed by atoms with Crippen LogP contribution in [0.15, 0.2) is 6.33 Å². The minimum atomic E-state index is -1.19. The number of aliphatic hydroxyl groups excluding tert-OH is 1. The van der Waals surface area contributed by atoms with Gasteiger partial charge in [0.1, 0.15) is 18.2 Å². The molecule has 0 fully saturated rings. The Hall–Kier alpha value is -2.16. The quantitative estimate of drug-likeness (QED) is 0.402. The van der Waals surface area contributed by atoms with Crippen LogP contribution >= 0.6 is 0 Å².